The summed E-state index contributed by atoms with van der Waals surface area (Å²) in [4.78, 5) is 41.6. The molecule has 2 aliphatic rings. The molecule has 0 spiro atoms. The smallest absolute Gasteiger partial charge is 0.253 e. The number of rotatable bonds is 3. The third-order valence-electron chi connectivity index (χ3n) is 5.93. The van der Waals surface area contributed by atoms with E-state index in [2.05, 4.69) is 0 Å². The van der Waals surface area contributed by atoms with E-state index in [1.54, 1.807) is 46.2 Å². The van der Waals surface area contributed by atoms with Crippen LogP contribution in [0.25, 0.3) is 0 Å². The Morgan fingerprint density at radius 1 is 1.00 bits per heavy atom. The number of hydrogen-bond acceptors (Lipinski definition) is 3. The second kappa shape index (κ2) is 8.48. The molecule has 4 rings (SSSR count). The molecule has 2 heterocycles. The Hall–Kier alpha value is -2.86. The molecule has 1 saturated heterocycles. The molecule has 2 aromatic carbocycles. The van der Waals surface area contributed by atoms with Gasteiger partial charge in [0.15, 0.2) is 0 Å². The van der Waals surface area contributed by atoms with E-state index in [4.69, 9.17) is 17.3 Å². The fraction of sp³-hybridized carbons (Fsp3) is 0.348. The Balaban J connectivity index is 1.53. The summed E-state index contributed by atoms with van der Waals surface area (Å²) in [6.45, 7) is 1.63. The quantitative estimate of drug-likeness (QED) is 0.819. The van der Waals surface area contributed by atoms with Crippen LogP contribution in [0.2, 0.25) is 5.02 Å². The van der Waals surface area contributed by atoms with E-state index in [0.717, 1.165) is 36.9 Å². The molecule has 0 aliphatic carbocycles. The van der Waals surface area contributed by atoms with Gasteiger partial charge in [0.05, 0.1) is 5.92 Å². The van der Waals surface area contributed by atoms with E-state index in [9.17, 15) is 14.4 Å². The molecule has 156 valence electrons. The largest absolute Gasteiger partial charge is 0.366 e. The Morgan fingerprint density at radius 3 is 2.50 bits per heavy atom. The standard InChI is InChI=1S/C23H24ClN3O3/c24-17-10-8-15(9-11-17)22(29)26-12-2-4-16(14-26)23(30)27-13-3-6-18-19(21(25)28)5-1-7-20(18)27/h1,5,7-11,16H,2-4,6,12-14H2,(H2,25,28). The number of nitrogens with zero attached hydrogens (tertiary/aromatic N) is 2. The van der Waals surface area contributed by atoms with Crippen LogP contribution in [-0.4, -0.2) is 42.3 Å². The number of benzene rings is 2. The van der Waals surface area contributed by atoms with Crippen molar-refractivity contribution in [1.29, 1.82) is 0 Å². The molecule has 7 heteroatoms. The average Bonchev–Trinajstić information content (AvgIpc) is 2.77. The first-order chi connectivity index (χ1) is 14.5. The third kappa shape index (κ3) is 3.92. The lowest BCUT2D eigenvalue weighted by Crippen LogP contribution is -2.48. The molecule has 0 aromatic heterocycles. The van der Waals surface area contributed by atoms with Crippen LogP contribution in [-0.2, 0) is 11.2 Å². The zero-order chi connectivity index (χ0) is 21.3. The maximum atomic E-state index is 13.4. The molecule has 0 radical (unpaired) electrons. The summed E-state index contributed by atoms with van der Waals surface area (Å²) in [6, 6.07) is 12.2. The minimum Gasteiger partial charge on any atom is -0.366 e. The Labute approximate surface area is 180 Å². The first-order valence-corrected chi connectivity index (χ1v) is 10.6. The van der Waals surface area contributed by atoms with Crippen molar-refractivity contribution in [3.8, 4) is 0 Å². The second-order valence-corrected chi connectivity index (χ2v) is 8.29. The maximum Gasteiger partial charge on any atom is 0.253 e. The zero-order valence-electron chi connectivity index (χ0n) is 16.6. The van der Waals surface area contributed by atoms with Crippen LogP contribution in [0.3, 0.4) is 0 Å². The molecule has 2 aromatic rings. The lowest BCUT2D eigenvalue weighted by atomic mass is 9.92. The Bertz CT molecular complexity index is 990. The van der Waals surface area contributed by atoms with Gasteiger partial charge in [0.2, 0.25) is 11.8 Å². The van der Waals surface area contributed by atoms with Crippen molar-refractivity contribution in [2.75, 3.05) is 24.5 Å². The van der Waals surface area contributed by atoms with Gasteiger partial charge in [-0.3, -0.25) is 14.4 Å². The molecule has 0 saturated carbocycles. The lowest BCUT2D eigenvalue weighted by Gasteiger charge is -2.37. The molecule has 1 unspecified atom stereocenters. The van der Waals surface area contributed by atoms with Crippen molar-refractivity contribution in [2.45, 2.75) is 25.7 Å². The third-order valence-corrected chi connectivity index (χ3v) is 6.18. The maximum absolute atomic E-state index is 13.4. The van der Waals surface area contributed by atoms with Gasteiger partial charge < -0.3 is 15.5 Å². The van der Waals surface area contributed by atoms with E-state index < -0.39 is 5.91 Å². The molecule has 1 atom stereocenters. The molecule has 2 N–H and O–H groups in total. The number of anilines is 1. The molecular weight excluding hydrogens is 402 g/mol. The predicted molar refractivity (Wildman–Crippen MR) is 116 cm³/mol. The highest BCUT2D eigenvalue weighted by atomic mass is 35.5. The van der Waals surface area contributed by atoms with Gasteiger partial charge in [-0.05, 0) is 67.6 Å². The van der Waals surface area contributed by atoms with Crippen molar-refractivity contribution in [1.82, 2.24) is 4.90 Å². The van der Waals surface area contributed by atoms with Crippen LogP contribution in [0, 0.1) is 5.92 Å². The SMILES string of the molecule is NC(=O)c1cccc2c1CCCN2C(=O)C1CCCN(C(=O)c2ccc(Cl)cc2)C1. The van der Waals surface area contributed by atoms with Crippen LogP contribution < -0.4 is 10.6 Å². The van der Waals surface area contributed by atoms with Gasteiger partial charge in [-0.25, -0.2) is 0 Å². The van der Waals surface area contributed by atoms with E-state index in [-0.39, 0.29) is 17.7 Å². The monoisotopic (exact) mass is 425 g/mol. The molecule has 1 fully saturated rings. The lowest BCUT2D eigenvalue weighted by molar-refractivity contribution is -0.123. The molecule has 2 aliphatic heterocycles. The van der Waals surface area contributed by atoms with Gasteiger partial charge in [0, 0.05) is 41.5 Å². The zero-order valence-corrected chi connectivity index (χ0v) is 17.4. The Kier molecular flexibility index (Phi) is 5.77. The minimum absolute atomic E-state index is 0.00572. The van der Waals surface area contributed by atoms with Gasteiger partial charge in [0.25, 0.3) is 5.91 Å². The highest BCUT2D eigenvalue weighted by Crippen LogP contribution is 2.32. The average molecular weight is 426 g/mol. The predicted octanol–water partition coefficient (Wildman–Crippen LogP) is 3.27. The number of fused-ring (bicyclic) bond motifs is 1. The van der Waals surface area contributed by atoms with Gasteiger partial charge in [-0.15, -0.1) is 0 Å². The molecule has 30 heavy (non-hydrogen) atoms. The summed E-state index contributed by atoms with van der Waals surface area (Å²) in [6.07, 6.45) is 3.02. The number of carbonyl (C=O) groups is 3. The van der Waals surface area contributed by atoms with Crippen LogP contribution in [0.15, 0.2) is 42.5 Å². The summed E-state index contributed by atoms with van der Waals surface area (Å²) in [5.41, 5.74) is 8.18. The topological polar surface area (TPSA) is 83.7 Å². The minimum atomic E-state index is -0.474. The van der Waals surface area contributed by atoms with Crippen LogP contribution in [0.4, 0.5) is 5.69 Å². The molecule has 3 amide bonds. The van der Waals surface area contributed by atoms with Gasteiger partial charge >= 0.3 is 0 Å². The van der Waals surface area contributed by atoms with E-state index in [1.807, 2.05) is 6.07 Å². The molecular formula is C23H24ClN3O3. The van der Waals surface area contributed by atoms with E-state index >= 15 is 0 Å². The van der Waals surface area contributed by atoms with Crippen LogP contribution >= 0.6 is 11.6 Å². The van der Waals surface area contributed by atoms with Crippen molar-refractivity contribution in [2.24, 2.45) is 11.7 Å². The number of piperidine rings is 1. The van der Waals surface area contributed by atoms with Gasteiger partial charge in [0.1, 0.15) is 0 Å². The summed E-state index contributed by atoms with van der Waals surface area (Å²) in [5, 5.41) is 0.581. The van der Waals surface area contributed by atoms with E-state index in [0.29, 0.717) is 35.8 Å². The van der Waals surface area contributed by atoms with Gasteiger partial charge in [-0.1, -0.05) is 17.7 Å². The first-order valence-electron chi connectivity index (χ1n) is 10.2. The van der Waals surface area contributed by atoms with Crippen molar-refractivity contribution in [3.63, 3.8) is 0 Å². The summed E-state index contributed by atoms with van der Waals surface area (Å²) < 4.78 is 0. The Morgan fingerprint density at radius 2 is 1.77 bits per heavy atom. The van der Waals surface area contributed by atoms with Gasteiger partial charge in [-0.2, -0.15) is 0 Å². The molecule has 6 nitrogen and oxygen atoms in total. The fourth-order valence-corrected chi connectivity index (χ4v) is 4.57. The van der Waals surface area contributed by atoms with Crippen molar-refractivity contribution >= 4 is 35.0 Å². The number of amides is 3. The number of nitrogens with two attached hydrogens (primary N) is 1. The highest BCUT2D eigenvalue weighted by molar-refractivity contribution is 6.30. The number of primary amides is 1. The van der Waals surface area contributed by atoms with Crippen molar-refractivity contribution < 1.29 is 14.4 Å². The summed E-state index contributed by atoms with van der Waals surface area (Å²) in [5.74, 6) is -0.817. The number of likely N-dealkylation sites (tertiary alicyclic amines) is 1. The van der Waals surface area contributed by atoms with E-state index in [1.165, 1.54) is 0 Å². The normalized spacial score (nSPS) is 18.6. The molecule has 0 bridgehead atoms. The van der Waals surface area contributed by atoms with Crippen LogP contribution in [0.1, 0.15) is 45.5 Å². The number of carbonyl (C=O) groups excluding carboxylic acids is 3. The fourth-order valence-electron chi connectivity index (χ4n) is 4.44. The summed E-state index contributed by atoms with van der Waals surface area (Å²) in [7, 11) is 0. The van der Waals surface area contributed by atoms with Crippen LogP contribution in [0.5, 0.6) is 0 Å². The summed E-state index contributed by atoms with van der Waals surface area (Å²) >= 11 is 5.92. The number of hydrogen-bond donors (Lipinski definition) is 1. The number of halogens is 1. The first kappa shape index (κ1) is 20.4. The second-order valence-electron chi connectivity index (χ2n) is 7.86. The highest BCUT2D eigenvalue weighted by Gasteiger charge is 2.34. The van der Waals surface area contributed by atoms with Crippen molar-refractivity contribution in [3.05, 3.63) is 64.2 Å².